The van der Waals surface area contributed by atoms with Gasteiger partial charge in [-0.2, -0.15) is 4.98 Å². The van der Waals surface area contributed by atoms with Crippen LogP contribution in [-0.2, 0) is 6.54 Å². The summed E-state index contributed by atoms with van der Waals surface area (Å²) in [5, 5.41) is 0. The molecule has 0 bridgehead atoms. The number of rotatable bonds is 4. The van der Waals surface area contributed by atoms with Gasteiger partial charge < -0.3 is 9.30 Å². The van der Waals surface area contributed by atoms with Crippen LogP contribution in [0, 0.1) is 0 Å². The average Bonchev–Trinajstić information content (AvgIpc) is 3.04. The van der Waals surface area contributed by atoms with Crippen LogP contribution in [0.15, 0.2) is 59.7 Å². The summed E-state index contributed by atoms with van der Waals surface area (Å²) < 4.78 is 7.07. The number of hydrogen-bond donors (Lipinski definition) is 1. The highest BCUT2D eigenvalue weighted by molar-refractivity contribution is 5.63. The Hall–Kier alpha value is -3.48. The van der Waals surface area contributed by atoms with Crippen molar-refractivity contribution in [2.45, 2.75) is 6.54 Å². The third-order valence-corrected chi connectivity index (χ3v) is 3.93. The third-order valence-electron chi connectivity index (χ3n) is 3.93. The fraction of sp³-hybridized carbons (Fsp3) is 0.111. The number of benzene rings is 1. The van der Waals surface area contributed by atoms with Crippen molar-refractivity contribution < 1.29 is 4.74 Å². The quantitative estimate of drug-likeness (QED) is 0.619. The maximum Gasteiger partial charge on any atom is 0.348 e. The second-order valence-corrected chi connectivity index (χ2v) is 5.52. The molecule has 2 aliphatic heterocycles. The molecule has 0 atom stereocenters. The summed E-state index contributed by atoms with van der Waals surface area (Å²) in [5.74, 6) is 1.52. The number of aromatic amines is 1. The van der Waals surface area contributed by atoms with Crippen LogP contribution in [0.3, 0.4) is 0 Å². The van der Waals surface area contributed by atoms with Crippen molar-refractivity contribution in [3.8, 4) is 28.8 Å². The largest absolute Gasteiger partial charge is 0.481 e. The zero-order valence-corrected chi connectivity index (χ0v) is 13.5. The molecular weight excluding hydrogens is 318 g/mol. The molecule has 0 aliphatic carbocycles. The molecule has 124 valence electrons. The Kier molecular flexibility index (Phi) is 3.74. The lowest BCUT2D eigenvalue weighted by atomic mass is 10.1. The van der Waals surface area contributed by atoms with Gasteiger partial charge in [0.25, 0.3) is 0 Å². The average molecular weight is 333 g/mol. The molecule has 7 heteroatoms. The number of hydrogen-bond acceptors (Lipinski definition) is 5. The fourth-order valence-electron chi connectivity index (χ4n) is 2.73. The van der Waals surface area contributed by atoms with Gasteiger partial charge in [-0.15, -0.1) is 0 Å². The standard InChI is InChI=1S/C18H15N5O2/c1-25-15-8-7-13(9-19-15)14-10-20-16-17(22-18(24)21-16)23(14)11-12-5-3-2-4-6-12/h2-10H,11H2,1H3,(H,20,21,24). The van der Waals surface area contributed by atoms with Crippen LogP contribution in [0.4, 0.5) is 0 Å². The van der Waals surface area contributed by atoms with Crippen molar-refractivity contribution in [2.24, 2.45) is 0 Å². The molecule has 0 saturated heterocycles. The lowest BCUT2D eigenvalue weighted by Crippen LogP contribution is -2.10. The SMILES string of the molecule is COc1ccc(-c2cnc3[nH]c(=O)nc-3n2Cc2ccccc2)cn1. The smallest absolute Gasteiger partial charge is 0.348 e. The number of methoxy groups -OCH3 is 1. The molecule has 4 rings (SSSR count). The van der Waals surface area contributed by atoms with Crippen LogP contribution < -0.4 is 10.4 Å². The van der Waals surface area contributed by atoms with E-state index < -0.39 is 5.69 Å². The Labute approximate surface area is 143 Å². The lowest BCUT2D eigenvalue weighted by molar-refractivity contribution is 0.398. The van der Waals surface area contributed by atoms with Gasteiger partial charge in [0, 0.05) is 24.4 Å². The Bertz CT molecular complexity index is 1020. The molecule has 25 heavy (non-hydrogen) atoms. The van der Waals surface area contributed by atoms with Crippen molar-refractivity contribution in [1.29, 1.82) is 0 Å². The molecule has 0 saturated carbocycles. The molecule has 2 aliphatic rings. The molecule has 0 unspecified atom stereocenters. The number of ether oxygens (including phenoxy) is 1. The van der Waals surface area contributed by atoms with E-state index >= 15 is 0 Å². The van der Waals surface area contributed by atoms with E-state index in [9.17, 15) is 4.79 Å². The van der Waals surface area contributed by atoms with Gasteiger partial charge >= 0.3 is 5.69 Å². The van der Waals surface area contributed by atoms with Crippen LogP contribution in [0.25, 0.3) is 22.9 Å². The first kappa shape index (κ1) is 15.1. The van der Waals surface area contributed by atoms with E-state index in [0.717, 1.165) is 16.8 Å². The van der Waals surface area contributed by atoms with Crippen LogP contribution in [0.5, 0.6) is 5.88 Å². The molecule has 2 aromatic rings. The fourth-order valence-corrected chi connectivity index (χ4v) is 2.73. The van der Waals surface area contributed by atoms with Crippen LogP contribution in [0.2, 0.25) is 0 Å². The summed E-state index contributed by atoms with van der Waals surface area (Å²) in [6, 6.07) is 13.7. The van der Waals surface area contributed by atoms with Crippen molar-refractivity contribution in [2.75, 3.05) is 7.11 Å². The highest BCUT2D eigenvalue weighted by atomic mass is 16.5. The summed E-state index contributed by atoms with van der Waals surface area (Å²) in [6.07, 6.45) is 3.43. The van der Waals surface area contributed by atoms with E-state index in [0.29, 0.717) is 24.1 Å². The number of nitrogens with zero attached hydrogens (tertiary/aromatic N) is 4. The van der Waals surface area contributed by atoms with Gasteiger partial charge in [-0.3, -0.25) is 4.98 Å². The van der Waals surface area contributed by atoms with E-state index in [-0.39, 0.29) is 0 Å². The van der Waals surface area contributed by atoms with Gasteiger partial charge in [0.2, 0.25) is 5.88 Å². The van der Waals surface area contributed by atoms with E-state index in [2.05, 4.69) is 19.9 Å². The molecule has 7 nitrogen and oxygen atoms in total. The molecule has 0 radical (unpaired) electrons. The van der Waals surface area contributed by atoms with E-state index in [1.165, 1.54) is 0 Å². The van der Waals surface area contributed by atoms with Gasteiger partial charge in [-0.25, -0.2) is 14.8 Å². The maximum atomic E-state index is 11.7. The number of pyridine rings is 1. The van der Waals surface area contributed by atoms with Gasteiger partial charge in [0.1, 0.15) is 0 Å². The highest BCUT2D eigenvalue weighted by Crippen LogP contribution is 2.25. The van der Waals surface area contributed by atoms with Crippen LogP contribution in [0.1, 0.15) is 5.56 Å². The van der Waals surface area contributed by atoms with Gasteiger partial charge in [-0.05, 0) is 11.6 Å². The third kappa shape index (κ3) is 2.87. The van der Waals surface area contributed by atoms with Gasteiger partial charge in [-0.1, -0.05) is 30.3 Å². The summed E-state index contributed by atoms with van der Waals surface area (Å²) in [6.45, 7) is 0.561. The summed E-state index contributed by atoms with van der Waals surface area (Å²) in [5.41, 5.74) is 2.37. The predicted molar refractivity (Wildman–Crippen MR) is 92.6 cm³/mol. The van der Waals surface area contributed by atoms with Crippen molar-refractivity contribution in [3.63, 3.8) is 0 Å². The Morgan fingerprint density at radius 2 is 1.92 bits per heavy atom. The predicted octanol–water partition coefficient (Wildman–Crippen LogP) is 2.19. The van der Waals surface area contributed by atoms with Crippen molar-refractivity contribution >= 4 is 0 Å². The first-order chi connectivity index (χ1) is 12.2. The summed E-state index contributed by atoms with van der Waals surface area (Å²) >= 11 is 0. The number of H-pyrrole nitrogens is 1. The lowest BCUT2D eigenvalue weighted by Gasteiger charge is -2.16. The Balaban J connectivity index is 1.88. The van der Waals surface area contributed by atoms with Gasteiger partial charge in [0.05, 0.1) is 19.0 Å². The monoisotopic (exact) mass is 333 g/mol. The molecular formula is C18H15N5O2. The molecule has 1 aromatic carbocycles. The first-order valence-corrected chi connectivity index (χ1v) is 7.74. The molecule has 3 heterocycles. The molecule has 0 amide bonds. The van der Waals surface area contributed by atoms with Crippen molar-refractivity contribution in [1.82, 2.24) is 24.5 Å². The summed E-state index contributed by atoms with van der Waals surface area (Å²) in [4.78, 5) is 27.0. The van der Waals surface area contributed by atoms with E-state index in [1.54, 1.807) is 25.6 Å². The van der Waals surface area contributed by atoms with Crippen LogP contribution in [-0.4, -0.2) is 31.6 Å². The second-order valence-electron chi connectivity index (χ2n) is 5.52. The number of nitrogens with one attached hydrogen (secondary N) is 1. The number of aromatic nitrogens is 5. The minimum absolute atomic E-state index is 0.408. The molecule has 0 fully saturated rings. The van der Waals surface area contributed by atoms with Gasteiger partial charge in [0.15, 0.2) is 11.6 Å². The van der Waals surface area contributed by atoms with Crippen LogP contribution >= 0.6 is 0 Å². The highest BCUT2D eigenvalue weighted by Gasteiger charge is 2.18. The minimum Gasteiger partial charge on any atom is -0.481 e. The molecule has 1 N–H and O–H groups in total. The zero-order valence-electron chi connectivity index (χ0n) is 13.5. The minimum atomic E-state index is -0.408. The van der Waals surface area contributed by atoms with Crippen molar-refractivity contribution in [3.05, 3.63) is 70.9 Å². The normalized spacial score (nSPS) is 10.9. The topological polar surface area (TPSA) is 85.7 Å². The summed E-state index contributed by atoms with van der Waals surface area (Å²) in [7, 11) is 1.57. The van der Waals surface area contributed by atoms with E-state index in [1.807, 2.05) is 41.0 Å². The second kappa shape index (κ2) is 6.20. The van der Waals surface area contributed by atoms with E-state index in [4.69, 9.17) is 4.74 Å². The molecule has 0 spiro atoms. The molecule has 1 aromatic heterocycles. The Morgan fingerprint density at radius 3 is 2.64 bits per heavy atom. The number of imidazole rings is 1. The Morgan fingerprint density at radius 1 is 1.08 bits per heavy atom. The maximum absolute atomic E-state index is 11.7. The first-order valence-electron chi connectivity index (χ1n) is 7.74. The number of fused-ring (bicyclic) bond motifs is 1. The zero-order chi connectivity index (χ0) is 17.2.